The predicted octanol–water partition coefficient (Wildman–Crippen LogP) is 5.77. The van der Waals surface area contributed by atoms with Crippen molar-refractivity contribution in [2.75, 3.05) is 5.32 Å². The summed E-state index contributed by atoms with van der Waals surface area (Å²) in [5.74, 6) is 1.13. The summed E-state index contributed by atoms with van der Waals surface area (Å²) in [5, 5.41) is 7.74. The summed E-state index contributed by atoms with van der Waals surface area (Å²) in [6.45, 7) is 0.805. The Morgan fingerprint density at radius 2 is 1.87 bits per heavy atom. The van der Waals surface area contributed by atoms with Gasteiger partial charge in [0.05, 0.1) is 18.4 Å². The van der Waals surface area contributed by atoms with E-state index in [1.165, 1.54) is 0 Å². The van der Waals surface area contributed by atoms with Crippen molar-refractivity contribution in [2.24, 2.45) is 0 Å². The molecule has 8 heteroatoms. The van der Waals surface area contributed by atoms with Crippen molar-refractivity contribution in [3.63, 3.8) is 0 Å². The number of aromatic nitrogens is 2. The van der Waals surface area contributed by atoms with Crippen LogP contribution in [0.4, 0.5) is 5.69 Å². The first-order valence-corrected chi connectivity index (χ1v) is 10.3. The van der Waals surface area contributed by atoms with Crippen LogP contribution in [0.2, 0.25) is 5.02 Å². The quantitative estimate of drug-likeness (QED) is 0.360. The van der Waals surface area contributed by atoms with E-state index in [0.717, 1.165) is 10.0 Å². The first-order chi connectivity index (χ1) is 14.5. The molecule has 0 aliphatic heterocycles. The van der Waals surface area contributed by atoms with E-state index in [1.54, 1.807) is 29.2 Å². The van der Waals surface area contributed by atoms with Crippen molar-refractivity contribution in [1.82, 2.24) is 9.78 Å². The van der Waals surface area contributed by atoms with E-state index < -0.39 is 0 Å². The number of benzene rings is 2. The van der Waals surface area contributed by atoms with Gasteiger partial charge in [0, 0.05) is 15.7 Å². The molecule has 1 amide bonds. The normalized spacial score (nSPS) is 10.7. The molecule has 1 N–H and O–H groups in total. The molecular formula is C22H17BrClN3O3. The Kier molecular flexibility index (Phi) is 6.21. The number of ether oxygens (including phenoxy) is 1. The topological polar surface area (TPSA) is 69.3 Å². The van der Waals surface area contributed by atoms with Crippen LogP contribution in [0.5, 0.6) is 5.75 Å². The Balaban J connectivity index is 1.32. The Morgan fingerprint density at radius 1 is 1.10 bits per heavy atom. The zero-order valence-electron chi connectivity index (χ0n) is 15.7. The Morgan fingerprint density at radius 3 is 2.63 bits per heavy atom. The molecule has 2 heterocycles. The zero-order chi connectivity index (χ0) is 20.9. The molecule has 0 saturated heterocycles. The molecule has 152 valence electrons. The number of halogens is 2. The summed E-state index contributed by atoms with van der Waals surface area (Å²) in [6, 6.07) is 18.4. The average Bonchev–Trinajstić information content (AvgIpc) is 3.39. The van der Waals surface area contributed by atoms with Crippen LogP contribution in [-0.2, 0) is 13.2 Å². The highest BCUT2D eigenvalue weighted by Crippen LogP contribution is 2.19. The minimum atomic E-state index is -0.351. The molecule has 30 heavy (non-hydrogen) atoms. The maximum atomic E-state index is 12.4. The van der Waals surface area contributed by atoms with Gasteiger partial charge < -0.3 is 14.5 Å². The first-order valence-electron chi connectivity index (χ1n) is 9.10. The van der Waals surface area contributed by atoms with Crippen LogP contribution in [0, 0.1) is 0 Å². The van der Waals surface area contributed by atoms with Crippen LogP contribution in [-0.4, -0.2) is 15.7 Å². The summed E-state index contributed by atoms with van der Waals surface area (Å²) in [6.07, 6.45) is 3.35. The number of anilines is 1. The summed E-state index contributed by atoms with van der Waals surface area (Å²) in [5.41, 5.74) is 1.64. The second kappa shape index (κ2) is 9.19. The monoisotopic (exact) mass is 485 g/mol. The van der Waals surface area contributed by atoms with E-state index in [9.17, 15) is 4.79 Å². The van der Waals surface area contributed by atoms with E-state index >= 15 is 0 Å². The van der Waals surface area contributed by atoms with Crippen LogP contribution in [0.25, 0.3) is 0 Å². The third-order valence-electron chi connectivity index (χ3n) is 4.23. The predicted molar refractivity (Wildman–Crippen MR) is 118 cm³/mol. The van der Waals surface area contributed by atoms with Gasteiger partial charge in [0.2, 0.25) is 0 Å². The molecule has 2 aromatic heterocycles. The van der Waals surface area contributed by atoms with E-state index in [2.05, 4.69) is 26.3 Å². The molecule has 6 nitrogen and oxygen atoms in total. The van der Waals surface area contributed by atoms with E-state index in [1.807, 2.05) is 48.5 Å². The molecule has 0 spiro atoms. The third-order valence-corrected chi connectivity index (χ3v) is 5.01. The van der Waals surface area contributed by atoms with E-state index in [0.29, 0.717) is 28.8 Å². The van der Waals surface area contributed by atoms with Gasteiger partial charge >= 0.3 is 0 Å². The lowest BCUT2D eigenvalue weighted by atomic mass is 10.2. The number of hydrogen-bond acceptors (Lipinski definition) is 4. The second-order valence-electron chi connectivity index (χ2n) is 6.52. The first kappa shape index (κ1) is 20.3. The van der Waals surface area contributed by atoms with Crippen LogP contribution < -0.4 is 10.1 Å². The van der Waals surface area contributed by atoms with Crippen molar-refractivity contribution in [1.29, 1.82) is 0 Å². The molecule has 0 aliphatic carbocycles. The van der Waals surface area contributed by atoms with E-state index in [-0.39, 0.29) is 18.3 Å². The Labute approximate surface area is 186 Å². The van der Waals surface area contributed by atoms with Crippen molar-refractivity contribution in [2.45, 2.75) is 13.2 Å². The molecule has 0 fully saturated rings. The number of furan rings is 1. The Bertz CT molecular complexity index is 1140. The van der Waals surface area contributed by atoms with Crippen LogP contribution in [0.3, 0.4) is 0 Å². The van der Waals surface area contributed by atoms with Gasteiger partial charge in [-0.25, -0.2) is 0 Å². The fraction of sp³-hybridized carbons (Fsp3) is 0.0909. The van der Waals surface area contributed by atoms with E-state index in [4.69, 9.17) is 20.8 Å². The molecule has 0 radical (unpaired) electrons. The van der Waals surface area contributed by atoms with Crippen molar-refractivity contribution < 1.29 is 13.9 Å². The molecule has 4 rings (SSSR count). The minimum Gasteiger partial charge on any atom is -0.486 e. The fourth-order valence-electron chi connectivity index (χ4n) is 2.75. The van der Waals surface area contributed by atoms with Crippen molar-refractivity contribution in [3.05, 3.63) is 99.6 Å². The van der Waals surface area contributed by atoms with Gasteiger partial charge in [-0.1, -0.05) is 39.7 Å². The third kappa shape index (κ3) is 5.31. The SMILES string of the molecule is O=C(Nc1cnn(Cc2ccc(Cl)cc2)c1)c1ccc(COc2ccc(Br)cc2)o1. The van der Waals surface area contributed by atoms with Gasteiger partial charge in [-0.15, -0.1) is 0 Å². The van der Waals surface area contributed by atoms with Gasteiger partial charge in [0.1, 0.15) is 18.1 Å². The largest absolute Gasteiger partial charge is 0.486 e. The average molecular weight is 487 g/mol. The molecule has 0 saturated carbocycles. The summed E-state index contributed by atoms with van der Waals surface area (Å²) < 4.78 is 14.0. The number of amides is 1. The smallest absolute Gasteiger partial charge is 0.291 e. The van der Waals surface area contributed by atoms with Gasteiger partial charge in [0.15, 0.2) is 5.76 Å². The molecule has 0 unspecified atom stereocenters. The van der Waals surface area contributed by atoms with Gasteiger partial charge in [0.25, 0.3) is 5.91 Å². The maximum Gasteiger partial charge on any atom is 0.291 e. The summed E-state index contributed by atoms with van der Waals surface area (Å²) >= 11 is 9.28. The molecule has 0 aliphatic rings. The molecular weight excluding hydrogens is 470 g/mol. The van der Waals surface area contributed by atoms with Crippen LogP contribution in [0.15, 0.2) is 81.9 Å². The highest BCUT2D eigenvalue weighted by atomic mass is 79.9. The van der Waals surface area contributed by atoms with Crippen molar-refractivity contribution in [3.8, 4) is 5.75 Å². The number of hydrogen-bond donors (Lipinski definition) is 1. The van der Waals surface area contributed by atoms with Crippen molar-refractivity contribution >= 4 is 39.1 Å². The van der Waals surface area contributed by atoms with Gasteiger partial charge in [-0.3, -0.25) is 9.48 Å². The lowest BCUT2D eigenvalue weighted by Crippen LogP contribution is -2.10. The molecule has 4 aromatic rings. The Hall–Kier alpha value is -3.03. The lowest BCUT2D eigenvalue weighted by molar-refractivity contribution is 0.0992. The highest BCUT2D eigenvalue weighted by Gasteiger charge is 2.13. The standard InChI is InChI=1S/C22H17BrClN3O3/c23-16-3-7-19(8-4-16)29-14-20-9-10-21(30-20)22(28)26-18-11-25-27(13-18)12-15-1-5-17(24)6-2-15/h1-11,13H,12,14H2,(H,26,28). The summed E-state index contributed by atoms with van der Waals surface area (Å²) in [7, 11) is 0. The van der Waals surface area contributed by atoms with Gasteiger partial charge in [-0.2, -0.15) is 5.10 Å². The minimum absolute atomic E-state index is 0.204. The zero-order valence-corrected chi connectivity index (χ0v) is 18.1. The van der Waals surface area contributed by atoms with Gasteiger partial charge in [-0.05, 0) is 54.1 Å². The number of nitrogens with zero attached hydrogens (tertiary/aromatic N) is 2. The summed E-state index contributed by atoms with van der Waals surface area (Å²) in [4.78, 5) is 12.4. The highest BCUT2D eigenvalue weighted by molar-refractivity contribution is 9.10. The molecule has 0 bridgehead atoms. The van der Waals surface area contributed by atoms with Crippen LogP contribution >= 0.6 is 27.5 Å². The number of rotatable bonds is 7. The molecule has 0 atom stereocenters. The maximum absolute atomic E-state index is 12.4. The second-order valence-corrected chi connectivity index (χ2v) is 7.87. The van der Waals surface area contributed by atoms with Crippen LogP contribution in [0.1, 0.15) is 21.9 Å². The number of nitrogens with one attached hydrogen (secondary N) is 1. The fourth-order valence-corrected chi connectivity index (χ4v) is 3.14. The molecule has 2 aromatic carbocycles. The lowest BCUT2D eigenvalue weighted by Gasteiger charge is -2.04. The number of carbonyl (C=O) groups is 1. The number of carbonyl (C=O) groups excluding carboxylic acids is 1.